The van der Waals surface area contributed by atoms with Crippen molar-refractivity contribution in [3.63, 3.8) is 0 Å². The van der Waals surface area contributed by atoms with E-state index < -0.39 is 5.41 Å². The highest BCUT2D eigenvalue weighted by Crippen LogP contribution is 2.62. The fraction of sp³-hybridized carbons (Fsp3) is 0.192. The molecule has 0 saturated heterocycles. The van der Waals surface area contributed by atoms with Crippen molar-refractivity contribution in [2.75, 3.05) is 0 Å². The molecule has 0 N–H and O–H groups in total. The summed E-state index contributed by atoms with van der Waals surface area (Å²) < 4.78 is 0. The predicted molar refractivity (Wildman–Crippen MR) is 226 cm³/mol. The van der Waals surface area contributed by atoms with Crippen molar-refractivity contribution in [2.45, 2.75) is 64.2 Å². The van der Waals surface area contributed by atoms with E-state index in [1.165, 1.54) is 66.8 Å². The van der Waals surface area contributed by atoms with E-state index in [2.05, 4.69) is 187 Å². The summed E-state index contributed by atoms with van der Waals surface area (Å²) in [6.45, 7) is 13.6. The van der Waals surface area contributed by atoms with Crippen LogP contribution in [0.4, 0.5) is 0 Å². The normalized spacial score (nSPS) is 14.7. The highest BCUT2D eigenvalue weighted by Gasteiger charge is 2.53. The Hall–Kier alpha value is -5.86. The van der Waals surface area contributed by atoms with E-state index in [4.69, 9.17) is 9.97 Å². The average molecular weight is 697 g/mol. The molecule has 2 heterocycles. The van der Waals surface area contributed by atoms with Gasteiger partial charge in [-0.1, -0.05) is 163 Å². The molecule has 54 heavy (non-hydrogen) atoms. The molecular formula is C52H44N2. The number of pyridine rings is 2. The summed E-state index contributed by atoms with van der Waals surface area (Å²) in [5, 5.41) is 2.26. The van der Waals surface area contributed by atoms with Gasteiger partial charge in [-0.2, -0.15) is 0 Å². The molecule has 2 aliphatic carbocycles. The van der Waals surface area contributed by atoms with Gasteiger partial charge in [-0.3, -0.25) is 9.97 Å². The van der Waals surface area contributed by atoms with Crippen LogP contribution in [0.2, 0.25) is 0 Å². The number of rotatable bonds is 4. The largest absolute Gasteiger partial charge is 0.250 e. The number of aromatic nitrogens is 2. The second-order valence-electron chi connectivity index (χ2n) is 16.5. The maximum atomic E-state index is 5.26. The predicted octanol–water partition coefficient (Wildman–Crippen LogP) is 13.4. The molecular weight excluding hydrogens is 653 g/mol. The lowest BCUT2D eigenvalue weighted by atomic mass is 9.55. The Morgan fingerprint density at radius 2 is 0.981 bits per heavy atom. The molecule has 0 aliphatic heterocycles. The molecule has 0 fully saturated rings. The Kier molecular flexibility index (Phi) is 7.17. The van der Waals surface area contributed by atoms with Crippen molar-refractivity contribution in [3.8, 4) is 33.4 Å². The molecule has 10 rings (SSSR count). The first kappa shape index (κ1) is 32.8. The van der Waals surface area contributed by atoms with Crippen LogP contribution in [0.15, 0.2) is 146 Å². The van der Waals surface area contributed by atoms with Crippen molar-refractivity contribution >= 4 is 21.8 Å². The molecule has 2 nitrogen and oxygen atoms in total. The molecule has 0 unspecified atom stereocenters. The molecule has 2 aliphatic rings. The zero-order valence-electron chi connectivity index (χ0n) is 31.9. The molecule has 8 aromatic rings. The fourth-order valence-electron chi connectivity index (χ4n) is 9.67. The van der Waals surface area contributed by atoms with E-state index in [9.17, 15) is 0 Å². The van der Waals surface area contributed by atoms with Crippen LogP contribution < -0.4 is 0 Å². The highest BCUT2D eigenvalue weighted by molar-refractivity contribution is 6.08. The first-order valence-corrected chi connectivity index (χ1v) is 19.5. The van der Waals surface area contributed by atoms with Crippen molar-refractivity contribution < 1.29 is 0 Å². The Morgan fingerprint density at radius 1 is 0.407 bits per heavy atom. The van der Waals surface area contributed by atoms with Crippen LogP contribution >= 0.6 is 0 Å². The summed E-state index contributed by atoms with van der Waals surface area (Å²) in [6.07, 6.45) is 0. The van der Waals surface area contributed by atoms with Crippen LogP contribution in [0.3, 0.4) is 0 Å². The summed E-state index contributed by atoms with van der Waals surface area (Å²) in [5.41, 5.74) is 19.3. The van der Waals surface area contributed by atoms with Crippen molar-refractivity contribution in [2.24, 2.45) is 0 Å². The number of fused-ring (bicyclic) bond motifs is 12. The van der Waals surface area contributed by atoms with Gasteiger partial charge in [-0.05, 0) is 103 Å². The van der Waals surface area contributed by atoms with Crippen LogP contribution in [-0.4, -0.2) is 9.97 Å². The van der Waals surface area contributed by atoms with Gasteiger partial charge in [0.15, 0.2) is 0 Å². The van der Waals surface area contributed by atoms with E-state index in [0.29, 0.717) is 5.92 Å². The van der Waals surface area contributed by atoms with Gasteiger partial charge in [0, 0.05) is 27.6 Å². The van der Waals surface area contributed by atoms with Gasteiger partial charge in [-0.25, -0.2) is 0 Å². The molecule has 2 heteroatoms. The zero-order chi connectivity index (χ0) is 36.9. The standard InChI is InChI=1S/C52H44N2/c1-31(2)47-27-24-33-22-26-39-40(30-48(32(3)4)54-50(39)49(33)53-47)36-15-13-14-34(28-36)35-23-25-38-37-16-7-8-17-41(37)52(46(38)29-35)44-20-11-9-18-42(44)51(5,6)43-19-10-12-21-45(43)52/h7-32H,1-6H3. The SMILES string of the molecule is CC(C)c1ccc2ccc3c(-c4cccc(-c5ccc6c(c5)C5(c7ccccc7-6)c6ccccc6C(C)(C)c6ccccc65)c4)cc(C(C)C)nc3c2n1. The van der Waals surface area contributed by atoms with Crippen LogP contribution in [0.5, 0.6) is 0 Å². The van der Waals surface area contributed by atoms with E-state index in [0.717, 1.165) is 33.2 Å². The van der Waals surface area contributed by atoms with E-state index in [-0.39, 0.29) is 11.3 Å². The quantitative estimate of drug-likeness (QED) is 0.171. The Bertz CT molecular complexity index is 2770. The molecule has 262 valence electrons. The molecule has 0 radical (unpaired) electrons. The number of nitrogens with zero attached hydrogens (tertiary/aromatic N) is 2. The first-order chi connectivity index (χ1) is 26.2. The lowest BCUT2D eigenvalue weighted by molar-refractivity contribution is 0.563. The van der Waals surface area contributed by atoms with Gasteiger partial charge in [0.25, 0.3) is 0 Å². The van der Waals surface area contributed by atoms with Crippen molar-refractivity contribution in [1.82, 2.24) is 9.97 Å². The Labute approximate surface area is 318 Å². The van der Waals surface area contributed by atoms with Gasteiger partial charge in [0.05, 0.1) is 16.4 Å². The van der Waals surface area contributed by atoms with Crippen molar-refractivity contribution in [1.29, 1.82) is 0 Å². The summed E-state index contributed by atoms with van der Waals surface area (Å²) in [5.74, 6) is 0.621. The Balaban J connectivity index is 1.20. The third kappa shape index (κ3) is 4.53. The van der Waals surface area contributed by atoms with Gasteiger partial charge in [-0.15, -0.1) is 0 Å². The van der Waals surface area contributed by atoms with Crippen LogP contribution in [0.1, 0.15) is 98.1 Å². The first-order valence-electron chi connectivity index (χ1n) is 19.5. The summed E-state index contributed by atoms with van der Waals surface area (Å²) in [6, 6.07) is 54.9. The maximum absolute atomic E-state index is 5.26. The van der Waals surface area contributed by atoms with Gasteiger partial charge in [0.1, 0.15) is 0 Å². The summed E-state index contributed by atoms with van der Waals surface area (Å²) in [4.78, 5) is 10.4. The van der Waals surface area contributed by atoms with E-state index >= 15 is 0 Å². The molecule has 1 spiro atoms. The third-order valence-electron chi connectivity index (χ3n) is 12.4. The number of hydrogen-bond acceptors (Lipinski definition) is 2. The minimum absolute atomic E-state index is 0.124. The van der Waals surface area contributed by atoms with Crippen LogP contribution in [0, 0.1) is 0 Å². The molecule has 6 aromatic carbocycles. The van der Waals surface area contributed by atoms with Gasteiger partial charge < -0.3 is 0 Å². The number of hydrogen-bond donors (Lipinski definition) is 0. The zero-order valence-corrected chi connectivity index (χ0v) is 31.9. The Morgan fingerprint density at radius 3 is 1.69 bits per heavy atom. The third-order valence-corrected chi connectivity index (χ3v) is 12.4. The summed E-state index contributed by atoms with van der Waals surface area (Å²) >= 11 is 0. The molecule has 0 amide bonds. The second-order valence-corrected chi connectivity index (χ2v) is 16.5. The maximum Gasteiger partial charge on any atom is 0.0974 e. The smallest absolute Gasteiger partial charge is 0.0974 e. The average Bonchev–Trinajstić information content (AvgIpc) is 3.49. The van der Waals surface area contributed by atoms with E-state index in [1.54, 1.807) is 0 Å². The van der Waals surface area contributed by atoms with E-state index in [1.807, 2.05) is 0 Å². The lowest BCUT2D eigenvalue weighted by Gasteiger charge is -2.46. The fourth-order valence-corrected chi connectivity index (χ4v) is 9.67. The monoisotopic (exact) mass is 696 g/mol. The summed E-state index contributed by atoms with van der Waals surface area (Å²) in [7, 11) is 0. The van der Waals surface area contributed by atoms with Gasteiger partial charge >= 0.3 is 0 Å². The van der Waals surface area contributed by atoms with Gasteiger partial charge in [0.2, 0.25) is 0 Å². The molecule has 0 bridgehead atoms. The highest BCUT2D eigenvalue weighted by atomic mass is 14.8. The van der Waals surface area contributed by atoms with Crippen LogP contribution in [0.25, 0.3) is 55.2 Å². The molecule has 0 saturated carbocycles. The number of benzene rings is 6. The molecule has 2 aromatic heterocycles. The van der Waals surface area contributed by atoms with Crippen LogP contribution in [-0.2, 0) is 10.8 Å². The second kappa shape index (κ2) is 11.8. The molecule has 0 atom stereocenters. The van der Waals surface area contributed by atoms with Crippen molar-refractivity contribution in [3.05, 3.63) is 190 Å². The topological polar surface area (TPSA) is 25.8 Å². The minimum atomic E-state index is -0.418. The lowest BCUT2D eigenvalue weighted by Crippen LogP contribution is -2.40. The minimum Gasteiger partial charge on any atom is -0.250 e.